The Hall–Kier alpha value is -4.47. The fourth-order valence-electron chi connectivity index (χ4n) is 4.31. The van der Waals surface area contributed by atoms with E-state index < -0.39 is 17.9 Å². The summed E-state index contributed by atoms with van der Waals surface area (Å²) in [4.78, 5) is 44.3. The summed E-state index contributed by atoms with van der Waals surface area (Å²) in [5.74, 6) is -1.10. The topological polar surface area (TPSA) is 159 Å². The van der Waals surface area contributed by atoms with Gasteiger partial charge in [0.2, 0.25) is 11.8 Å². The predicted octanol–water partition coefficient (Wildman–Crippen LogP) is 3.06. The molecule has 1 atom stereocenters. The summed E-state index contributed by atoms with van der Waals surface area (Å²) in [6.45, 7) is 2.04. The highest BCUT2D eigenvalue weighted by Crippen LogP contribution is 2.25. The normalized spacial score (nSPS) is 11.9. The van der Waals surface area contributed by atoms with Gasteiger partial charge in [-0.2, -0.15) is 0 Å². The number of amides is 3. The van der Waals surface area contributed by atoms with Crippen LogP contribution in [0.1, 0.15) is 43.7 Å². The quantitative estimate of drug-likeness (QED) is 0.130. The maximum atomic E-state index is 13.1. The number of phenolic OH excluding ortho intramolecular Hbond substituents is 2. The lowest BCUT2D eigenvalue weighted by Crippen LogP contribution is -2.53. The van der Waals surface area contributed by atoms with Crippen molar-refractivity contribution in [2.24, 2.45) is 0 Å². The summed E-state index contributed by atoms with van der Waals surface area (Å²) in [6, 6.07) is 8.73. The van der Waals surface area contributed by atoms with Crippen LogP contribution in [0, 0.1) is 0 Å². The molecule has 0 bridgehead atoms. The molecule has 2 aromatic heterocycles. The molecule has 0 saturated heterocycles. The molecule has 0 aliphatic carbocycles. The highest BCUT2D eigenvalue weighted by molar-refractivity contribution is 5.93. The SMILES string of the molecule is CCCCCC(=O)NNC(=O)[C@H](Cc1c[nH]c2ccc(O)cc12)NC(=O)Cc1c[nH]c2ccc(O)cc12. The van der Waals surface area contributed by atoms with Gasteiger partial charge in [0.15, 0.2) is 0 Å². The maximum Gasteiger partial charge on any atom is 0.261 e. The van der Waals surface area contributed by atoms with Gasteiger partial charge in [0.1, 0.15) is 17.5 Å². The van der Waals surface area contributed by atoms with E-state index in [4.69, 9.17) is 0 Å². The zero-order valence-electron chi connectivity index (χ0n) is 20.6. The summed E-state index contributed by atoms with van der Waals surface area (Å²) in [5.41, 5.74) is 7.80. The summed E-state index contributed by atoms with van der Waals surface area (Å²) >= 11 is 0. The minimum Gasteiger partial charge on any atom is -0.508 e. The van der Waals surface area contributed by atoms with E-state index in [0.717, 1.165) is 41.2 Å². The van der Waals surface area contributed by atoms with Crippen LogP contribution in [0.5, 0.6) is 11.5 Å². The summed E-state index contributed by atoms with van der Waals surface area (Å²) in [7, 11) is 0. The lowest BCUT2D eigenvalue weighted by molar-refractivity contribution is -0.132. The van der Waals surface area contributed by atoms with Crippen molar-refractivity contribution in [3.8, 4) is 11.5 Å². The van der Waals surface area contributed by atoms with E-state index in [1.165, 1.54) is 0 Å². The van der Waals surface area contributed by atoms with Crippen molar-refractivity contribution >= 4 is 39.5 Å². The van der Waals surface area contributed by atoms with Crippen molar-refractivity contribution in [1.29, 1.82) is 0 Å². The van der Waals surface area contributed by atoms with Crippen LogP contribution >= 0.6 is 0 Å². The van der Waals surface area contributed by atoms with Crippen LogP contribution in [0.3, 0.4) is 0 Å². The number of carbonyl (C=O) groups is 3. The van der Waals surface area contributed by atoms with E-state index in [1.807, 2.05) is 6.92 Å². The van der Waals surface area contributed by atoms with Gasteiger partial charge in [-0.15, -0.1) is 0 Å². The smallest absolute Gasteiger partial charge is 0.261 e. The number of carbonyl (C=O) groups excluding carboxylic acids is 3. The fourth-order valence-corrected chi connectivity index (χ4v) is 4.31. The summed E-state index contributed by atoms with van der Waals surface area (Å²) < 4.78 is 0. The van der Waals surface area contributed by atoms with E-state index in [1.54, 1.807) is 48.8 Å². The molecule has 0 fully saturated rings. The second kappa shape index (κ2) is 11.5. The highest BCUT2D eigenvalue weighted by atomic mass is 16.3. The Morgan fingerprint density at radius 1 is 0.838 bits per heavy atom. The molecule has 0 aliphatic rings. The van der Waals surface area contributed by atoms with Gasteiger partial charge in [-0.1, -0.05) is 19.8 Å². The molecule has 4 rings (SSSR count). The number of hydrogen-bond donors (Lipinski definition) is 7. The van der Waals surface area contributed by atoms with Gasteiger partial charge in [0, 0.05) is 47.0 Å². The number of hydrogen-bond acceptors (Lipinski definition) is 5. The van der Waals surface area contributed by atoms with Gasteiger partial charge in [0.25, 0.3) is 5.91 Å². The first kappa shape index (κ1) is 25.6. The third kappa shape index (κ3) is 6.40. The zero-order chi connectivity index (χ0) is 26.4. The number of fused-ring (bicyclic) bond motifs is 2. The first-order valence-corrected chi connectivity index (χ1v) is 12.3. The monoisotopic (exact) mass is 505 g/mol. The van der Waals surface area contributed by atoms with Gasteiger partial charge in [0.05, 0.1) is 6.42 Å². The molecule has 4 aromatic rings. The van der Waals surface area contributed by atoms with Crippen LogP contribution in [0.4, 0.5) is 0 Å². The Kier molecular flexibility index (Phi) is 7.97. The molecule has 2 aromatic carbocycles. The Labute approximate surface area is 213 Å². The second-order valence-electron chi connectivity index (χ2n) is 9.08. The number of H-pyrrole nitrogens is 2. The molecule has 10 heteroatoms. The Morgan fingerprint density at radius 2 is 1.46 bits per heavy atom. The van der Waals surface area contributed by atoms with Crippen LogP contribution in [0.25, 0.3) is 21.8 Å². The van der Waals surface area contributed by atoms with Gasteiger partial charge in [-0.3, -0.25) is 25.2 Å². The molecular weight excluding hydrogens is 474 g/mol. The van der Waals surface area contributed by atoms with E-state index in [9.17, 15) is 24.6 Å². The predicted molar refractivity (Wildman–Crippen MR) is 140 cm³/mol. The van der Waals surface area contributed by atoms with E-state index in [-0.39, 0.29) is 30.2 Å². The van der Waals surface area contributed by atoms with Crippen molar-refractivity contribution < 1.29 is 24.6 Å². The third-order valence-electron chi connectivity index (χ3n) is 6.26. The maximum absolute atomic E-state index is 13.1. The van der Waals surface area contributed by atoms with Crippen molar-refractivity contribution in [3.63, 3.8) is 0 Å². The lowest BCUT2D eigenvalue weighted by atomic mass is 10.0. The van der Waals surface area contributed by atoms with Crippen LogP contribution in [0.15, 0.2) is 48.8 Å². The standard InChI is InChI=1S/C27H31N5O5/c1-2-3-4-5-25(35)31-32-27(37)24(10-16-14-28-22-8-6-18(33)12-20(16)22)30-26(36)11-17-15-29-23-9-7-19(34)13-21(17)23/h6-9,12-15,24,28-29,33-34H,2-5,10-11H2,1H3,(H,30,36)(H,31,35)(H,32,37)/t24-/m0/s1. The molecule has 0 saturated carbocycles. The second-order valence-corrected chi connectivity index (χ2v) is 9.08. The minimum atomic E-state index is -0.997. The average Bonchev–Trinajstić information content (AvgIpc) is 3.45. The number of phenols is 2. The number of unbranched alkanes of at least 4 members (excludes halogenated alkanes) is 2. The third-order valence-corrected chi connectivity index (χ3v) is 6.26. The lowest BCUT2D eigenvalue weighted by Gasteiger charge is -2.19. The molecule has 0 spiro atoms. The molecule has 37 heavy (non-hydrogen) atoms. The number of aromatic hydroxyl groups is 2. The Morgan fingerprint density at radius 3 is 2.11 bits per heavy atom. The molecule has 0 radical (unpaired) electrons. The van der Waals surface area contributed by atoms with E-state index >= 15 is 0 Å². The number of hydrazine groups is 1. The molecule has 194 valence electrons. The zero-order valence-corrected chi connectivity index (χ0v) is 20.6. The fraction of sp³-hybridized carbons (Fsp3) is 0.296. The first-order valence-electron chi connectivity index (χ1n) is 12.3. The number of benzene rings is 2. The van der Waals surface area contributed by atoms with Gasteiger partial charge in [-0.25, -0.2) is 0 Å². The van der Waals surface area contributed by atoms with Crippen LogP contribution < -0.4 is 16.2 Å². The van der Waals surface area contributed by atoms with Crippen molar-refractivity contribution in [3.05, 3.63) is 59.9 Å². The Bertz CT molecular complexity index is 1420. The number of nitrogens with one attached hydrogen (secondary N) is 5. The van der Waals surface area contributed by atoms with Crippen LogP contribution in [-0.2, 0) is 27.2 Å². The molecule has 3 amide bonds. The van der Waals surface area contributed by atoms with Crippen molar-refractivity contribution in [1.82, 2.24) is 26.1 Å². The van der Waals surface area contributed by atoms with Crippen LogP contribution in [0.2, 0.25) is 0 Å². The molecule has 2 heterocycles. The summed E-state index contributed by atoms with van der Waals surface area (Å²) in [5, 5.41) is 23.9. The molecule has 10 nitrogen and oxygen atoms in total. The molecular formula is C27H31N5O5. The largest absolute Gasteiger partial charge is 0.508 e. The molecule has 0 unspecified atom stereocenters. The number of rotatable bonds is 10. The number of aromatic nitrogens is 2. The van der Waals surface area contributed by atoms with E-state index in [0.29, 0.717) is 17.4 Å². The van der Waals surface area contributed by atoms with Gasteiger partial charge in [-0.05, 0) is 53.9 Å². The molecule has 0 aliphatic heterocycles. The van der Waals surface area contributed by atoms with Crippen molar-refractivity contribution in [2.75, 3.05) is 0 Å². The number of aromatic amines is 2. The van der Waals surface area contributed by atoms with Gasteiger partial charge < -0.3 is 25.5 Å². The Balaban J connectivity index is 1.49. The van der Waals surface area contributed by atoms with Gasteiger partial charge >= 0.3 is 0 Å². The summed E-state index contributed by atoms with van der Waals surface area (Å²) in [6.07, 6.45) is 6.42. The first-order chi connectivity index (χ1) is 17.8. The average molecular weight is 506 g/mol. The molecule has 7 N–H and O–H groups in total. The van der Waals surface area contributed by atoms with Crippen molar-refractivity contribution in [2.45, 2.75) is 51.5 Å². The van der Waals surface area contributed by atoms with Crippen LogP contribution in [-0.4, -0.2) is 43.9 Å². The van der Waals surface area contributed by atoms with E-state index in [2.05, 4.69) is 26.1 Å². The minimum absolute atomic E-state index is 0.0225. The highest BCUT2D eigenvalue weighted by Gasteiger charge is 2.24.